The molecule has 0 heterocycles. The van der Waals surface area contributed by atoms with Gasteiger partial charge in [0.2, 0.25) is 0 Å². The Bertz CT molecular complexity index is 1760. The Labute approximate surface area is 545 Å². The maximum atomic E-state index is 12.9. The summed E-state index contributed by atoms with van der Waals surface area (Å²) < 4.78 is 34.4. The van der Waals surface area contributed by atoms with Crippen LogP contribution in [0.4, 0.5) is 0 Å². The number of likely N-dealkylation sites (N-methyl/N-ethyl adjacent to an activating group) is 1. The minimum Gasteiger partial charge on any atom is -0.756 e. The first-order valence-corrected chi connectivity index (χ1v) is 38.8. The number of esters is 2. The van der Waals surface area contributed by atoms with Crippen LogP contribution in [0.1, 0.15) is 348 Å². The van der Waals surface area contributed by atoms with Crippen molar-refractivity contribution in [3.63, 3.8) is 0 Å². The summed E-state index contributed by atoms with van der Waals surface area (Å²) in [5.41, 5.74) is 0. The predicted octanol–water partition coefficient (Wildman–Crippen LogP) is 23.9. The fraction of sp³-hybridized carbons (Fsp3) is 0.795. The van der Waals surface area contributed by atoms with Crippen LogP contribution in [0.3, 0.4) is 0 Å². The molecule has 0 saturated carbocycles. The molecule has 0 aromatic carbocycles. The summed E-state index contributed by atoms with van der Waals surface area (Å²) in [5, 5.41) is 0. The van der Waals surface area contributed by atoms with Gasteiger partial charge in [0.25, 0.3) is 7.82 Å². The van der Waals surface area contributed by atoms with E-state index >= 15 is 0 Å². The zero-order valence-electron chi connectivity index (χ0n) is 58.4. The Balaban J connectivity index is 3.98. The van der Waals surface area contributed by atoms with Gasteiger partial charge in [-0.1, -0.05) is 330 Å². The highest BCUT2D eigenvalue weighted by Crippen LogP contribution is 2.38. The second-order valence-corrected chi connectivity index (χ2v) is 27.7. The maximum Gasteiger partial charge on any atom is 0.306 e. The number of unbranched alkanes of at least 4 members (excludes halogenated alkanes) is 41. The fourth-order valence-corrected chi connectivity index (χ4v) is 11.4. The molecule has 0 aliphatic rings. The standard InChI is InChI=1S/C78H142NO8P/c1-6-8-10-12-14-16-18-20-22-24-26-28-30-32-34-36-38-39-41-42-44-46-48-50-52-54-56-58-60-62-64-66-68-70-77(80)84-74-76(75-86-88(82,83)85-73-72-79(3,4)5)87-78(81)71-69-67-65-63-61-59-57-55-53-51-49-47-45-43-40-37-35-33-31-29-27-25-23-21-19-17-15-13-11-9-7-2/h9,11,15,17-18,20-21,23-24,26-27,29,33,35,76H,6-8,10,12-14,16,19,22,25,28,30-32,34,36-75H2,1-5H3/b11-9-,17-15-,20-18-,23-21-,26-24-,29-27-,35-33-. The van der Waals surface area contributed by atoms with Crippen LogP contribution in [-0.4, -0.2) is 70.0 Å². The molecule has 9 nitrogen and oxygen atoms in total. The number of ether oxygens (including phenoxy) is 2. The zero-order valence-corrected chi connectivity index (χ0v) is 59.3. The first-order valence-electron chi connectivity index (χ1n) is 37.3. The van der Waals surface area contributed by atoms with E-state index in [4.69, 9.17) is 18.5 Å². The van der Waals surface area contributed by atoms with Crippen molar-refractivity contribution >= 4 is 19.8 Å². The maximum absolute atomic E-state index is 12.9. The third kappa shape index (κ3) is 72.3. The highest BCUT2D eigenvalue weighted by Gasteiger charge is 2.22. The van der Waals surface area contributed by atoms with Crippen molar-refractivity contribution in [1.29, 1.82) is 0 Å². The van der Waals surface area contributed by atoms with Crippen LogP contribution in [-0.2, 0) is 32.7 Å². The SMILES string of the molecule is CC/C=C\C/C=C\C/C=C\C/C=C\C/C=C\CCCCCCCCCCCCCCCCCC(=O)OC(COC(=O)CCCCCCCCCCCCCCCCCCCCCCC/C=C\C/C=C\CCCCCCC)COP(=O)([O-])OCC[N+](C)(C)C. The smallest absolute Gasteiger partial charge is 0.306 e. The molecule has 0 fully saturated rings. The van der Waals surface area contributed by atoms with Crippen molar-refractivity contribution in [2.24, 2.45) is 0 Å². The number of quaternary nitrogens is 1. The van der Waals surface area contributed by atoms with Crippen LogP contribution < -0.4 is 4.89 Å². The molecule has 0 spiro atoms. The second kappa shape index (κ2) is 68.6. The molecular formula is C78H142NO8P. The third-order valence-electron chi connectivity index (χ3n) is 16.4. The van der Waals surface area contributed by atoms with E-state index in [1.807, 2.05) is 21.1 Å². The highest BCUT2D eigenvalue weighted by molar-refractivity contribution is 7.45. The lowest BCUT2D eigenvalue weighted by Crippen LogP contribution is -2.37. The van der Waals surface area contributed by atoms with Gasteiger partial charge in [-0.05, 0) is 89.9 Å². The first-order chi connectivity index (χ1) is 43.0. The van der Waals surface area contributed by atoms with E-state index in [-0.39, 0.29) is 32.0 Å². The largest absolute Gasteiger partial charge is 0.756 e. The number of rotatable bonds is 69. The average molecular weight is 1250 g/mol. The molecule has 2 unspecified atom stereocenters. The van der Waals surface area contributed by atoms with E-state index in [0.717, 1.165) is 77.0 Å². The minimum absolute atomic E-state index is 0.0313. The van der Waals surface area contributed by atoms with Gasteiger partial charge in [0.15, 0.2) is 6.10 Å². The van der Waals surface area contributed by atoms with E-state index < -0.39 is 26.5 Å². The molecular weight excluding hydrogens is 1110 g/mol. The zero-order chi connectivity index (χ0) is 64.1. The quantitative estimate of drug-likeness (QED) is 0.0195. The van der Waals surface area contributed by atoms with Crippen molar-refractivity contribution in [1.82, 2.24) is 0 Å². The summed E-state index contributed by atoms with van der Waals surface area (Å²) in [4.78, 5) is 38.1. The summed E-state index contributed by atoms with van der Waals surface area (Å²) in [6, 6.07) is 0. The Morgan fingerprint density at radius 1 is 0.364 bits per heavy atom. The monoisotopic (exact) mass is 1250 g/mol. The second-order valence-electron chi connectivity index (χ2n) is 26.3. The van der Waals surface area contributed by atoms with Crippen molar-refractivity contribution in [2.75, 3.05) is 47.5 Å². The predicted molar refractivity (Wildman–Crippen MR) is 379 cm³/mol. The van der Waals surface area contributed by atoms with Gasteiger partial charge in [-0.25, -0.2) is 0 Å². The molecule has 0 aromatic heterocycles. The van der Waals surface area contributed by atoms with Gasteiger partial charge in [-0.3, -0.25) is 14.2 Å². The van der Waals surface area contributed by atoms with E-state index in [0.29, 0.717) is 17.4 Å². The third-order valence-corrected chi connectivity index (χ3v) is 17.4. The number of nitrogens with zero attached hydrogens (tertiary/aromatic N) is 1. The molecule has 0 N–H and O–H groups in total. The summed E-state index contributed by atoms with van der Waals surface area (Å²) in [6.07, 6.45) is 93.9. The Kier molecular flexibility index (Phi) is 66.4. The topological polar surface area (TPSA) is 111 Å². The normalized spacial score (nSPS) is 13.6. The molecule has 0 aliphatic carbocycles. The van der Waals surface area contributed by atoms with E-state index in [1.165, 1.54) is 238 Å². The minimum atomic E-state index is -4.65. The van der Waals surface area contributed by atoms with Crippen LogP contribution in [0.25, 0.3) is 0 Å². The number of carbonyl (C=O) groups is 2. The van der Waals surface area contributed by atoms with Gasteiger partial charge in [0.05, 0.1) is 27.7 Å². The lowest BCUT2D eigenvalue weighted by molar-refractivity contribution is -0.870. The van der Waals surface area contributed by atoms with Crippen molar-refractivity contribution < 1.29 is 42.1 Å². The van der Waals surface area contributed by atoms with Crippen LogP contribution in [0.2, 0.25) is 0 Å². The van der Waals surface area contributed by atoms with Gasteiger partial charge >= 0.3 is 11.9 Å². The molecule has 0 radical (unpaired) electrons. The summed E-state index contributed by atoms with van der Waals surface area (Å²) in [5.74, 6) is -0.819. The van der Waals surface area contributed by atoms with Crippen LogP contribution in [0, 0.1) is 0 Å². The van der Waals surface area contributed by atoms with Crippen LogP contribution in [0.15, 0.2) is 85.1 Å². The molecule has 0 aliphatic heterocycles. The molecule has 512 valence electrons. The van der Waals surface area contributed by atoms with Gasteiger partial charge < -0.3 is 27.9 Å². The van der Waals surface area contributed by atoms with Gasteiger partial charge in [-0.2, -0.15) is 0 Å². The number of carbonyl (C=O) groups excluding carboxylic acids is 2. The van der Waals surface area contributed by atoms with Gasteiger partial charge in [0, 0.05) is 12.8 Å². The summed E-state index contributed by atoms with van der Waals surface area (Å²) in [6.45, 7) is 4.16. The Morgan fingerprint density at radius 3 is 0.966 bits per heavy atom. The molecule has 10 heteroatoms. The van der Waals surface area contributed by atoms with Crippen molar-refractivity contribution in [2.45, 2.75) is 354 Å². The lowest BCUT2D eigenvalue weighted by atomic mass is 10.0. The van der Waals surface area contributed by atoms with E-state index in [9.17, 15) is 19.0 Å². The molecule has 0 bridgehead atoms. The van der Waals surface area contributed by atoms with Crippen molar-refractivity contribution in [3.8, 4) is 0 Å². The van der Waals surface area contributed by atoms with E-state index in [2.05, 4.69) is 98.9 Å². The molecule has 0 amide bonds. The molecule has 0 rings (SSSR count). The number of allylic oxidation sites excluding steroid dienone is 14. The van der Waals surface area contributed by atoms with E-state index in [1.54, 1.807) is 0 Å². The number of phosphoric ester groups is 1. The number of hydrogen-bond acceptors (Lipinski definition) is 8. The summed E-state index contributed by atoms with van der Waals surface area (Å²) >= 11 is 0. The Morgan fingerprint density at radius 2 is 0.648 bits per heavy atom. The molecule has 2 atom stereocenters. The summed E-state index contributed by atoms with van der Waals surface area (Å²) in [7, 11) is 1.18. The molecule has 0 saturated heterocycles. The molecule has 88 heavy (non-hydrogen) atoms. The van der Waals surface area contributed by atoms with Gasteiger partial charge in [-0.15, -0.1) is 0 Å². The Hall–Kier alpha value is -2.81. The number of hydrogen-bond donors (Lipinski definition) is 0. The van der Waals surface area contributed by atoms with Crippen molar-refractivity contribution in [3.05, 3.63) is 85.1 Å². The van der Waals surface area contributed by atoms with Crippen LogP contribution >= 0.6 is 7.82 Å². The van der Waals surface area contributed by atoms with Gasteiger partial charge in [0.1, 0.15) is 19.8 Å². The van der Waals surface area contributed by atoms with Crippen LogP contribution in [0.5, 0.6) is 0 Å². The lowest BCUT2D eigenvalue weighted by Gasteiger charge is -2.28. The number of phosphoric acid groups is 1. The first kappa shape index (κ1) is 85.2. The highest BCUT2D eigenvalue weighted by atomic mass is 31.2. The average Bonchev–Trinajstić information content (AvgIpc) is 3.68. The fourth-order valence-electron chi connectivity index (χ4n) is 10.7. The molecule has 0 aromatic rings.